The highest BCUT2D eigenvalue weighted by atomic mass is 16.5. The minimum Gasteiger partial charge on any atom is -0.469 e. The first-order valence-corrected chi connectivity index (χ1v) is 11.7. The molecule has 4 aliphatic rings. The molecule has 0 aliphatic heterocycles. The van der Waals surface area contributed by atoms with Crippen LogP contribution in [0.4, 0.5) is 0 Å². The molecule has 0 aromatic rings. The number of methoxy groups -OCH3 is 1. The smallest absolute Gasteiger partial charge is 0.333 e. The zero-order valence-corrected chi connectivity index (χ0v) is 19.4. The van der Waals surface area contributed by atoms with Gasteiger partial charge in [-0.1, -0.05) is 26.0 Å². The van der Waals surface area contributed by atoms with Gasteiger partial charge in [-0.15, -0.1) is 0 Å². The zero-order chi connectivity index (χ0) is 21.9. The second kappa shape index (κ2) is 7.24. The molecule has 0 heterocycles. The highest BCUT2D eigenvalue weighted by Gasteiger charge is 2.68. The van der Waals surface area contributed by atoms with Crippen LogP contribution in [0.5, 0.6) is 0 Å². The van der Waals surface area contributed by atoms with Crippen molar-refractivity contribution in [3.8, 4) is 0 Å². The summed E-state index contributed by atoms with van der Waals surface area (Å²) in [7, 11) is 1.52. The van der Waals surface area contributed by atoms with Gasteiger partial charge < -0.3 is 9.47 Å². The minimum absolute atomic E-state index is 0.0245. The Balaban J connectivity index is 1.72. The van der Waals surface area contributed by atoms with Crippen LogP contribution in [0.3, 0.4) is 0 Å². The molecule has 1 spiro atoms. The van der Waals surface area contributed by atoms with E-state index in [-0.39, 0.29) is 28.9 Å². The van der Waals surface area contributed by atoms with Gasteiger partial charge in [0.05, 0.1) is 12.5 Å². The zero-order valence-electron chi connectivity index (χ0n) is 19.4. The Morgan fingerprint density at radius 3 is 2.50 bits per heavy atom. The molecule has 4 rings (SSSR count). The first-order valence-electron chi connectivity index (χ1n) is 11.7. The van der Waals surface area contributed by atoms with Crippen molar-refractivity contribution in [3.05, 3.63) is 23.8 Å². The fourth-order valence-electron chi connectivity index (χ4n) is 8.32. The Labute approximate surface area is 181 Å². The van der Waals surface area contributed by atoms with Crippen LogP contribution in [-0.2, 0) is 19.1 Å². The van der Waals surface area contributed by atoms with Gasteiger partial charge in [0.1, 0.15) is 6.10 Å². The van der Waals surface area contributed by atoms with E-state index in [1.165, 1.54) is 7.11 Å². The quantitative estimate of drug-likeness (QED) is 0.342. The van der Waals surface area contributed by atoms with Gasteiger partial charge in [-0.05, 0) is 94.5 Å². The van der Waals surface area contributed by atoms with E-state index >= 15 is 0 Å². The Hall–Kier alpha value is -1.58. The van der Waals surface area contributed by atoms with Gasteiger partial charge in [0.25, 0.3) is 0 Å². The van der Waals surface area contributed by atoms with Crippen molar-refractivity contribution in [3.63, 3.8) is 0 Å². The van der Waals surface area contributed by atoms with Crippen molar-refractivity contribution in [2.24, 2.45) is 34.0 Å². The highest BCUT2D eigenvalue weighted by molar-refractivity contribution is 5.88. The van der Waals surface area contributed by atoms with Crippen LogP contribution in [0, 0.1) is 34.0 Å². The molecule has 2 bridgehead atoms. The van der Waals surface area contributed by atoms with E-state index in [0.29, 0.717) is 23.3 Å². The number of esters is 2. The molecule has 4 nitrogen and oxygen atoms in total. The van der Waals surface area contributed by atoms with Crippen LogP contribution < -0.4 is 0 Å². The molecule has 0 aromatic carbocycles. The van der Waals surface area contributed by atoms with Gasteiger partial charge in [0.15, 0.2) is 0 Å². The number of carbonyl (C=O) groups is 2. The number of allylic oxidation sites excluding steroid dienone is 1. The second-order valence-electron chi connectivity index (χ2n) is 11.0. The molecule has 166 valence electrons. The Morgan fingerprint density at radius 2 is 1.83 bits per heavy atom. The van der Waals surface area contributed by atoms with E-state index in [9.17, 15) is 9.59 Å². The number of carbonyl (C=O) groups excluding carboxylic acids is 2. The molecule has 4 aliphatic carbocycles. The molecule has 0 amide bonds. The van der Waals surface area contributed by atoms with Crippen molar-refractivity contribution < 1.29 is 19.1 Å². The lowest BCUT2D eigenvalue weighted by atomic mass is 9.40. The lowest BCUT2D eigenvalue weighted by Gasteiger charge is -2.64. The number of rotatable bonds is 3. The summed E-state index contributed by atoms with van der Waals surface area (Å²) < 4.78 is 11.5. The molecule has 30 heavy (non-hydrogen) atoms. The highest BCUT2D eigenvalue weighted by Crippen LogP contribution is 2.72. The van der Waals surface area contributed by atoms with Gasteiger partial charge in [-0.25, -0.2) is 4.79 Å². The molecule has 7 atom stereocenters. The number of fused-ring (bicyclic) bond motifs is 3. The average molecular weight is 415 g/mol. The number of hydrogen-bond donors (Lipinski definition) is 0. The molecular weight excluding hydrogens is 376 g/mol. The summed E-state index contributed by atoms with van der Waals surface area (Å²) in [5.74, 6) is 0.971. The van der Waals surface area contributed by atoms with Gasteiger partial charge in [-0.2, -0.15) is 0 Å². The summed E-state index contributed by atoms with van der Waals surface area (Å²) in [6, 6.07) is 0. The molecule has 0 saturated heterocycles. The largest absolute Gasteiger partial charge is 0.469 e. The Kier molecular flexibility index (Phi) is 5.22. The van der Waals surface area contributed by atoms with Crippen LogP contribution >= 0.6 is 0 Å². The van der Waals surface area contributed by atoms with Crippen molar-refractivity contribution >= 4 is 11.9 Å². The van der Waals surface area contributed by atoms with Crippen molar-refractivity contribution in [1.82, 2.24) is 0 Å². The Bertz CT molecular complexity index is 797. The van der Waals surface area contributed by atoms with E-state index in [1.807, 2.05) is 19.9 Å². The maximum atomic E-state index is 12.9. The first kappa shape index (κ1) is 21.6. The van der Waals surface area contributed by atoms with E-state index in [4.69, 9.17) is 9.47 Å². The maximum Gasteiger partial charge on any atom is 0.333 e. The molecule has 0 N–H and O–H groups in total. The van der Waals surface area contributed by atoms with Crippen molar-refractivity contribution in [2.45, 2.75) is 85.2 Å². The molecule has 4 saturated carbocycles. The number of hydrogen-bond acceptors (Lipinski definition) is 4. The molecule has 0 aromatic heterocycles. The average Bonchev–Trinajstić information content (AvgIpc) is 2.92. The van der Waals surface area contributed by atoms with Crippen LogP contribution in [0.1, 0.15) is 79.1 Å². The Morgan fingerprint density at radius 1 is 1.10 bits per heavy atom. The van der Waals surface area contributed by atoms with Crippen LogP contribution in [0.15, 0.2) is 23.8 Å². The third-order valence-corrected chi connectivity index (χ3v) is 9.81. The van der Waals surface area contributed by atoms with Gasteiger partial charge >= 0.3 is 11.9 Å². The molecular formula is C26H38O4. The predicted octanol–water partition coefficient (Wildman–Crippen LogP) is 5.62. The van der Waals surface area contributed by atoms with E-state index in [1.54, 1.807) is 0 Å². The summed E-state index contributed by atoms with van der Waals surface area (Å²) in [5.41, 5.74) is 1.42. The first-order chi connectivity index (χ1) is 14.1. The summed E-state index contributed by atoms with van der Waals surface area (Å²) in [6.45, 7) is 12.7. The van der Waals surface area contributed by atoms with Gasteiger partial charge in [0, 0.05) is 11.0 Å². The van der Waals surface area contributed by atoms with Crippen LogP contribution in [0.2, 0.25) is 0 Å². The maximum absolute atomic E-state index is 12.9. The molecule has 4 fully saturated rings. The SMILES string of the molecule is C=C1C2CCC3C4(C)CCCC(C)(C(=O)OC)C4CCC3(C2)C1OC(=O)C(C)=CC. The normalized spacial score (nSPS) is 45.4. The predicted molar refractivity (Wildman–Crippen MR) is 117 cm³/mol. The molecule has 7 unspecified atom stereocenters. The van der Waals surface area contributed by atoms with Gasteiger partial charge in [0.2, 0.25) is 0 Å². The summed E-state index contributed by atoms with van der Waals surface area (Å²) in [4.78, 5) is 25.6. The minimum atomic E-state index is -0.413. The lowest BCUT2D eigenvalue weighted by Crippen LogP contribution is -2.60. The van der Waals surface area contributed by atoms with E-state index in [0.717, 1.165) is 56.9 Å². The summed E-state index contributed by atoms with van der Waals surface area (Å²) >= 11 is 0. The fourth-order valence-corrected chi connectivity index (χ4v) is 8.32. The molecule has 0 radical (unpaired) electrons. The van der Waals surface area contributed by atoms with Crippen molar-refractivity contribution in [2.75, 3.05) is 7.11 Å². The topological polar surface area (TPSA) is 52.6 Å². The summed E-state index contributed by atoms with van der Waals surface area (Å²) in [5, 5.41) is 0. The fraction of sp³-hybridized carbons (Fsp3) is 0.769. The van der Waals surface area contributed by atoms with Gasteiger partial charge in [-0.3, -0.25) is 4.79 Å². The monoisotopic (exact) mass is 414 g/mol. The number of ether oxygens (including phenoxy) is 2. The lowest BCUT2D eigenvalue weighted by molar-refractivity contribution is -0.196. The third-order valence-electron chi connectivity index (χ3n) is 9.81. The molecule has 4 heteroatoms. The second-order valence-corrected chi connectivity index (χ2v) is 11.0. The third kappa shape index (κ3) is 2.78. The van der Waals surface area contributed by atoms with Crippen LogP contribution in [0.25, 0.3) is 0 Å². The summed E-state index contributed by atoms with van der Waals surface area (Å²) in [6.07, 6.45) is 10.1. The van der Waals surface area contributed by atoms with Crippen LogP contribution in [-0.4, -0.2) is 25.2 Å². The standard InChI is InChI=1S/C26H38O4/c1-7-16(2)22(27)30-21-17(3)18-9-10-20-24(4)12-8-13-25(5,23(28)29-6)19(24)11-14-26(20,21)15-18/h7,18-21H,3,8-15H2,1-2,4-6H3. The van der Waals surface area contributed by atoms with E-state index < -0.39 is 5.41 Å². The van der Waals surface area contributed by atoms with E-state index in [2.05, 4.69) is 20.4 Å². The van der Waals surface area contributed by atoms with Crippen molar-refractivity contribution in [1.29, 1.82) is 0 Å².